The van der Waals surface area contributed by atoms with Crippen LogP contribution in [0.15, 0.2) is 12.2 Å². The monoisotopic (exact) mass is 1070 g/mol. The van der Waals surface area contributed by atoms with Gasteiger partial charge >= 0.3 is 0 Å². The van der Waals surface area contributed by atoms with Gasteiger partial charge in [0.05, 0.1) is 39.9 Å². The lowest BCUT2D eigenvalue weighted by molar-refractivity contribution is -0.870. The summed E-state index contributed by atoms with van der Waals surface area (Å²) in [7, 11) is 1.32. The van der Waals surface area contributed by atoms with Crippen molar-refractivity contribution >= 4 is 13.7 Å². The molecule has 0 radical (unpaired) electrons. The third-order valence-electron chi connectivity index (χ3n) is 15.5. The van der Waals surface area contributed by atoms with E-state index in [1.54, 1.807) is 0 Å². The van der Waals surface area contributed by atoms with Crippen molar-refractivity contribution in [2.24, 2.45) is 0 Å². The first kappa shape index (κ1) is 73.2. The number of phosphoric ester groups is 1. The first-order chi connectivity index (χ1) is 36.0. The number of amides is 1. The van der Waals surface area contributed by atoms with Gasteiger partial charge in [0.25, 0.3) is 7.82 Å². The third-order valence-corrected chi connectivity index (χ3v) is 16.5. The summed E-state index contributed by atoms with van der Waals surface area (Å²) in [6.45, 7) is 4.77. The Kier molecular flexibility index (Phi) is 56.4. The number of hydrogen-bond donors (Lipinski definition) is 2. The van der Waals surface area contributed by atoms with E-state index in [0.717, 1.165) is 38.5 Å². The number of rotatable bonds is 62. The first-order valence-electron chi connectivity index (χ1n) is 33.0. The molecule has 0 aromatic heterocycles. The predicted molar refractivity (Wildman–Crippen MR) is 321 cm³/mol. The lowest BCUT2D eigenvalue weighted by Gasteiger charge is -2.30. The van der Waals surface area contributed by atoms with Crippen LogP contribution in [0.25, 0.3) is 0 Å². The van der Waals surface area contributed by atoms with E-state index in [9.17, 15) is 19.4 Å². The van der Waals surface area contributed by atoms with Crippen LogP contribution in [0.3, 0.4) is 0 Å². The van der Waals surface area contributed by atoms with E-state index in [0.29, 0.717) is 23.9 Å². The SMILES string of the molecule is CCCCCCCC/C=C\CCCCCCCCCCCC(=O)NC(COP(=O)([O-])OCC[N+](C)(C)C)C(O)CCCCCCCCCCCCCCCCCCCCCCCCCCCCCCCCCCC. The number of likely N-dealkylation sites (N-methyl/N-ethyl adjacent to an activating group) is 1. The number of quaternary nitrogens is 1. The van der Waals surface area contributed by atoms with Gasteiger partial charge in [-0.2, -0.15) is 0 Å². The molecule has 442 valence electrons. The summed E-state index contributed by atoms with van der Waals surface area (Å²) in [6, 6.07) is -0.800. The number of carbonyl (C=O) groups excluding carboxylic acids is 1. The Hall–Kier alpha value is -0.760. The van der Waals surface area contributed by atoms with Crippen LogP contribution in [0.2, 0.25) is 0 Å². The van der Waals surface area contributed by atoms with E-state index < -0.39 is 20.0 Å². The molecule has 1 amide bonds. The molecule has 0 fully saturated rings. The summed E-state index contributed by atoms with van der Waals surface area (Å²) in [5.74, 6) is -0.161. The molecular weight excluding hydrogens is 936 g/mol. The number of aliphatic hydroxyl groups excluding tert-OH is 1. The number of phosphoric acid groups is 1. The number of nitrogens with one attached hydrogen (secondary N) is 1. The van der Waals surface area contributed by atoms with Crippen LogP contribution < -0.4 is 10.2 Å². The van der Waals surface area contributed by atoms with Crippen molar-refractivity contribution in [2.75, 3.05) is 40.9 Å². The summed E-state index contributed by atoms with van der Waals surface area (Å²) in [4.78, 5) is 25.6. The Morgan fingerprint density at radius 1 is 0.459 bits per heavy atom. The maximum atomic E-state index is 13.0. The average molecular weight is 1070 g/mol. The molecule has 8 nitrogen and oxygen atoms in total. The van der Waals surface area contributed by atoms with Gasteiger partial charge in [0.1, 0.15) is 13.2 Å². The van der Waals surface area contributed by atoms with E-state index in [4.69, 9.17) is 9.05 Å². The van der Waals surface area contributed by atoms with E-state index in [2.05, 4.69) is 31.3 Å². The molecule has 0 bridgehead atoms. The molecule has 3 atom stereocenters. The summed E-state index contributed by atoms with van der Waals surface area (Å²) < 4.78 is 23.5. The average Bonchev–Trinajstić information content (AvgIpc) is 3.36. The second kappa shape index (κ2) is 56.9. The number of nitrogens with zero attached hydrogens (tertiary/aromatic N) is 1. The highest BCUT2D eigenvalue weighted by Crippen LogP contribution is 2.38. The number of aliphatic hydroxyl groups is 1. The molecule has 0 aliphatic carbocycles. The number of hydrogen-bond acceptors (Lipinski definition) is 6. The Labute approximate surface area is 462 Å². The molecule has 0 aromatic carbocycles. The molecule has 0 rings (SSSR count). The van der Waals surface area contributed by atoms with Crippen molar-refractivity contribution in [3.8, 4) is 0 Å². The van der Waals surface area contributed by atoms with Crippen LogP contribution in [0.5, 0.6) is 0 Å². The minimum absolute atomic E-state index is 0.0145. The lowest BCUT2D eigenvalue weighted by Crippen LogP contribution is -2.46. The normalized spacial score (nSPS) is 13.8. The fourth-order valence-corrected chi connectivity index (χ4v) is 11.1. The zero-order valence-corrected chi connectivity index (χ0v) is 51.5. The molecule has 3 unspecified atom stereocenters. The van der Waals surface area contributed by atoms with E-state index >= 15 is 0 Å². The highest BCUT2D eigenvalue weighted by Gasteiger charge is 2.24. The topological polar surface area (TPSA) is 108 Å². The fraction of sp³-hybridized carbons (Fsp3) is 0.954. The second-order valence-electron chi connectivity index (χ2n) is 24.2. The molecule has 0 heterocycles. The van der Waals surface area contributed by atoms with Crippen LogP contribution in [0.1, 0.15) is 348 Å². The highest BCUT2D eigenvalue weighted by molar-refractivity contribution is 7.45. The molecule has 0 aliphatic heterocycles. The molecule has 0 saturated carbocycles. The van der Waals surface area contributed by atoms with Gasteiger partial charge in [-0.15, -0.1) is 0 Å². The molecule has 2 N–H and O–H groups in total. The van der Waals surface area contributed by atoms with Crippen LogP contribution >= 0.6 is 7.82 Å². The number of allylic oxidation sites excluding steroid dienone is 2. The first-order valence-corrected chi connectivity index (χ1v) is 34.5. The third kappa shape index (κ3) is 58.9. The van der Waals surface area contributed by atoms with Crippen LogP contribution in [0, 0.1) is 0 Å². The van der Waals surface area contributed by atoms with Crippen molar-refractivity contribution < 1.29 is 32.9 Å². The minimum atomic E-state index is -4.57. The number of unbranched alkanes of at least 4 members (excludes halogenated alkanes) is 47. The maximum Gasteiger partial charge on any atom is 0.268 e. The summed E-state index contributed by atoms with van der Waals surface area (Å²) in [5, 5.41) is 14.1. The molecule has 74 heavy (non-hydrogen) atoms. The maximum absolute atomic E-state index is 13.0. The minimum Gasteiger partial charge on any atom is -0.756 e. The zero-order chi connectivity index (χ0) is 54.2. The van der Waals surface area contributed by atoms with Crippen molar-refractivity contribution in [3.05, 3.63) is 12.2 Å². The van der Waals surface area contributed by atoms with Crippen molar-refractivity contribution in [2.45, 2.75) is 360 Å². The van der Waals surface area contributed by atoms with Crippen molar-refractivity contribution in [1.29, 1.82) is 0 Å². The lowest BCUT2D eigenvalue weighted by atomic mass is 10.0. The van der Waals surface area contributed by atoms with Gasteiger partial charge < -0.3 is 28.8 Å². The summed E-state index contributed by atoms with van der Waals surface area (Å²) >= 11 is 0. The molecule has 0 saturated heterocycles. The zero-order valence-electron chi connectivity index (χ0n) is 50.6. The van der Waals surface area contributed by atoms with Crippen LogP contribution in [-0.2, 0) is 18.4 Å². The standard InChI is InChI=1S/C65H131N2O6P/c1-6-8-10-12-14-16-18-20-22-24-26-27-28-29-30-31-32-33-34-35-36-37-38-39-41-42-44-46-48-50-52-54-56-58-64(68)63(62-73-74(70,71)72-61-60-67(3,4)5)66-65(69)59-57-55-53-51-49-47-45-43-40-25-23-21-19-17-15-13-11-9-7-2/h21,23,63-64,68H,6-20,22,24-62H2,1-5H3,(H-,66,69,70,71)/b23-21-. The van der Waals surface area contributed by atoms with Crippen molar-refractivity contribution in [1.82, 2.24) is 5.32 Å². The summed E-state index contributed by atoms with van der Waals surface area (Å²) in [5.41, 5.74) is 0. The Morgan fingerprint density at radius 2 is 0.743 bits per heavy atom. The highest BCUT2D eigenvalue weighted by atomic mass is 31.2. The fourth-order valence-electron chi connectivity index (χ4n) is 10.3. The van der Waals surface area contributed by atoms with Gasteiger partial charge in [-0.25, -0.2) is 0 Å². The predicted octanol–water partition coefficient (Wildman–Crippen LogP) is 19.9. The van der Waals surface area contributed by atoms with Gasteiger partial charge in [-0.1, -0.05) is 315 Å². The Balaban J connectivity index is 3.98. The van der Waals surface area contributed by atoms with Crippen molar-refractivity contribution in [3.63, 3.8) is 0 Å². The van der Waals surface area contributed by atoms with Crippen LogP contribution in [0.4, 0.5) is 0 Å². The smallest absolute Gasteiger partial charge is 0.268 e. The van der Waals surface area contributed by atoms with E-state index in [-0.39, 0.29) is 19.1 Å². The Bertz CT molecular complexity index is 1210. The molecule has 0 aliphatic rings. The van der Waals surface area contributed by atoms with E-state index in [1.165, 1.54) is 283 Å². The Morgan fingerprint density at radius 3 is 1.05 bits per heavy atom. The van der Waals surface area contributed by atoms with Gasteiger partial charge in [0.2, 0.25) is 5.91 Å². The molecule has 0 spiro atoms. The largest absolute Gasteiger partial charge is 0.756 e. The molecular formula is C65H131N2O6P. The quantitative estimate of drug-likeness (QED) is 0.0272. The van der Waals surface area contributed by atoms with Gasteiger partial charge in [0, 0.05) is 6.42 Å². The van der Waals surface area contributed by atoms with Gasteiger partial charge in [-0.3, -0.25) is 9.36 Å². The van der Waals surface area contributed by atoms with Gasteiger partial charge in [0.15, 0.2) is 0 Å². The number of carbonyl (C=O) groups is 1. The summed E-state index contributed by atoms with van der Waals surface area (Å²) in [6.07, 6.45) is 71.4. The molecule has 9 heteroatoms. The van der Waals surface area contributed by atoms with E-state index in [1.807, 2.05) is 21.1 Å². The van der Waals surface area contributed by atoms with Crippen LogP contribution in [-0.4, -0.2) is 68.5 Å². The molecule has 0 aromatic rings. The second-order valence-corrected chi connectivity index (χ2v) is 25.6. The van der Waals surface area contributed by atoms with Gasteiger partial charge in [-0.05, 0) is 38.5 Å².